The number of carbonyl (C=O) groups is 1. The SMILES string of the molecule is Cn1cc(CC(=O)Nc2ccccc2OC(F)(F)C(F)F)c(C(F)F)n1. The zero-order valence-corrected chi connectivity index (χ0v) is 13.2. The van der Waals surface area contributed by atoms with Crippen LogP contribution >= 0.6 is 0 Å². The van der Waals surface area contributed by atoms with Crippen LogP contribution in [-0.2, 0) is 18.3 Å². The molecule has 0 aliphatic carbocycles. The number of hydrogen-bond acceptors (Lipinski definition) is 3. The second-order valence-corrected chi connectivity index (χ2v) is 5.20. The van der Waals surface area contributed by atoms with Crippen LogP contribution in [-0.4, -0.2) is 28.2 Å². The van der Waals surface area contributed by atoms with Crippen LogP contribution in [0, 0.1) is 0 Å². The molecule has 0 unspecified atom stereocenters. The van der Waals surface area contributed by atoms with E-state index in [9.17, 15) is 31.1 Å². The van der Waals surface area contributed by atoms with Crippen molar-refractivity contribution in [2.24, 2.45) is 7.05 Å². The number of nitrogens with zero attached hydrogens (tertiary/aromatic N) is 2. The van der Waals surface area contributed by atoms with Crippen molar-refractivity contribution >= 4 is 11.6 Å². The summed E-state index contributed by atoms with van der Waals surface area (Å²) in [5.74, 6) is -1.53. The molecule has 0 atom stereocenters. The minimum atomic E-state index is -4.76. The van der Waals surface area contributed by atoms with E-state index in [2.05, 4.69) is 15.2 Å². The number of benzene rings is 1. The van der Waals surface area contributed by atoms with Crippen LogP contribution in [0.25, 0.3) is 0 Å². The second-order valence-electron chi connectivity index (χ2n) is 5.20. The summed E-state index contributed by atoms with van der Waals surface area (Å²) in [6.07, 6.45) is -11.0. The minimum absolute atomic E-state index is 0.0590. The summed E-state index contributed by atoms with van der Waals surface area (Å²) in [5.41, 5.74) is -0.951. The smallest absolute Gasteiger partial charge is 0.426 e. The van der Waals surface area contributed by atoms with Gasteiger partial charge >= 0.3 is 12.5 Å². The number of amides is 1. The molecule has 0 aliphatic heterocycles. The Morgan fingerprint density at radius 2 is 1.92 bits per heavy atom. The number of nitrogens with one attached hydrogen (secondary N) is 1. The van der Waals surface area contributed by atoms with E-state index in [0.29, 0.717) is 0 Å². The molecule has 5 nitrogen and oxygen atoms in total. The molecule has 0 aliphatic rings. The van der Waals surface area contributed by atoms with Crippen LogP contribution in [0.2, 0.25) is 0 Å². The second kappa shape index (κ2) is 7.67. The predicted molar refractivity (Wildman–Crippen MR) is 78.5 cm³/mol. The van der Waals surface area contributed by atoms with E-state index in [1.54, 1.807) is 0 Å². The number of aryl methyl sites for hydroxylation is 1. The van der Waals surface area contributed by atoms with E-state index >= 15 is 0 Å². The molecule has 1 heterocycles. The lowest BCUT2D eigenvalue weighted by molar-refractivity contribution is -0.252. The Morgan fingerprint density at radius 1 is 1.27 bits per heavy atom. The zero-order valence-electron chi connectivity index (χ0n) is 13.2. The third-order valence-electron chi connectivity index (χ3n) is 3.16. The van der Waals surface area contributed by atoms with Crippen molar-refractivity contribution in [3.8, 4) is 5.75 Å². The van der Waals surface area contributed by atoms with Crippen molar-refractivity contribution in [3.05, 3.63) is 41.7 Å². The van der Waals surface area contributed by atoms with E-state index in [4.69, 9.17) is 0 Å². The summed E-state index contributed by atoms with van der Waals surface area (Å²) in [4.78, 5) is 12.0. The lowest BCUT2D eigenvalue weighted by Crippen LogP contribution is -2.33. The van der Waals surface area contributed by atoms with Crippen molar-refractivity contribution in [3.63, 3.8) is 0 Å². The largest absolute Gasteiger partial charge is 0.461 e. The number of hydrogen-bond donors (Lipinski definition) is 1. The van der Waals surface area contributed by atoms with E-state index in [1.165, 1.54) is 25.4 Å². The summed E-state index contributed by atoms with van der Waals surface area (Å²) in [6.45, 7) is 0. The van der Waals surface area contributed by atoms with Gasteiger partial charge in [0, 0.05) is 18.8 Å². The van der Waals surface area contributed by atoms with Gasteiger partial charge in [-0.25, -0.2) is 8.78 Å². The van der Waals surface area contributed by atoms with Gasteiger partial charge in [-0.05, 0) is 12.1 Å². The molecule has 11 heteroatoms. The van der Waals surface area contributed by atoms with Gasteiger partial charge in [0.15, 0.2) is 0 Å². The molecule has 0 saturated carbocycles. The quantitative estimate of drug-likeness (QED) is 0.743. The Morgan fingerprint density at radius 3 is 2.54 bits per heavy atom. The number of anilines is 1. The standard InChI is InChI=1S/C15H13F6N3O2/c1-24-7-8(12(23-24)13(16)17)6-11(25)22-9-4-2-3-5-10(9)26-15(20,21)14(18)19/h2-5,7,13-14H,6H2,1H3,(H,22,25). The molecule has 1 amide bonds. The van der Waals surface area contributed by atoms with Gasteiger partial charge in [0.2, 0.25) is 5.91 Å². The Labute approximate surface area is 143 Å². The highest BCUT2D eigenvalue weighted by molar-refractivity contribution is 5.93. The van der Waals surface area contributed by atoms with Gasteiger partial charge in [-0.3, -0.25) is 9.48 Å². The number of alkyl halides is 6. The maximum Gasteiger partial charge on any atom is 0.461 e. The number of halogens is 6. The Hall–Kier alpha value is -2.72. The highest BCUT2D eigenvalue weighted by Crippen LogP contribution is 2.32. The van der Waals surface area contributed by atoms with Crippen molar-refractivity contribution in [2.75, 3.05) is 5.32 Å². The van der Waals surface area contributed by atoms with Gasteiger partial charge in [-0.15, -0.1) is 0 Å². The number of aromatic nitrogens is 2. The molecule has 0 bridgehead atoms. The summed E-state index contributed by atoms with van der Waals surface area (Å²) in [7, 11) is 1.39. The summed E-state index contributed by atoms with van der Waals surface area (Å²) < 4.78 is 81.4. The number of carbonyl (C=O) groups excluding carboxylic acids is 1. The molecule has 2 rings (SSSR count). The van der Waals surface area contributed by atoms with Gasteiger partial charge < -0.3 is 10.1 Å². The van der Waals surface area contributed by atoms with E-state index in [0.717, 1.165) is 16.8 Å². The maximum absolute atomic E-state index is 13.1. The lowest BCUT2D eigenvalue weighted by Gasteiger charge is -2.19. The Balaban J connectivity index is 2.15. The van der Waals surface area contributed by atoms with Gasteiger partial charge in [0.05, 0.1) is 12.1 Å². The average molecular weight is 381 g/mol. The zero-order chi connectivity index (χ0) is 19.5. The molecular formula is C15H13F6N3O2. The molecule has 26 heavy (non-hydrogen) atoms. The first-order chi connectivity index (χ1) is 12.1. The van der Waals surface area contributed by atoms with Gasteiger partial charge in [-0.2, -0.15) is 22.7 Å². The van der Waals surface area contributed by atoms with Crippen LogP contribution in [0.3, 0.4) is 0 Å². The molecular weight excluding hydrogens is 368 g/mol. The predicted octanol–water partition coefficient (Wildman–Crippen LogP) is 3.78. The summed E-state index contributed by atoms with van der Waals surface area (Å²) in [5, 5.41) is 5.71. The van der Waals surface area contributed by atoms with Crippen LogP contribution < -0.4 is 10.1 Å². The molecule has 1 aromatic carbocycles. The van der Waals surface area contributed by atoms with E-state index in [-0.39, 0.29) is 11.3 Å². The average Bonchev–Trinajstić information content (AvgIpc) is 2.89. The van der Waals surface area contributed by atoms with Gasteiger partial charge in [0.25, 0.3) is 6.43 Å². The van der Waals surface area contributed by atoms with Crippen molar-refractivity contribution in [1.29, 1.82) is 0 Å². The fourth-order valence-electron chi connectivity index (χ4n) is 2.09. The molecule has 0 saturated heterocycles. The van der Waals surface area contributed by atoms with Gasteiger partial charge in [-0.1, -0.05) is 12.1 Å². The summed E-state index contributed by atoms with van der Waals surface area (Å²) >= 11 is 0. The first-order valence-corrected chi connectivity index (χ1v) is 7.14. The molecule has 1 aromatic heterocycles. The fourth-order valence-corrected chi connectivity index (χ4v) is 2.09. The van der Waals surface area contributed by atoms with Gasteiger partial charge in [0.1, 0.15) is 11.4 Å². The molecule has 2 aromatic rings. The minimum Gasteiger partial charge on any atom is -0.426 e. The molecule has 0 spiro atoms. The monoisotopic (exact) mass is 381 g/mol. The van der Waals surface area contributed by atoms with E-state index in [1.807, 2.05) is 0 Å². The highest BCUT2D eigenvalue weighted by atomic mass is 19.3. The first kappa shape index (κ1) is 19.6. The Bertz CT molecular complexity index is 778. The van der Waals surface area contributed by atoms with Crippen LogP contribution in [0.4, 0.5) is 32.0 Å². The normalized spacial score (nSPS) is 11.9. The number of ether oxygens (including phenoxy) is 1. The van der Waals surface area contributed by atoms with Crippen LogP contribution in [0.15, 0.2) is 30.5 Å². The highest BCUT2D eigenvalue weighted by Gasteiger charge is 2.44. The lowest BCUT2D eigenvalue weighted by atomic mass is 10.1. The van der Waals surface area contributed by atoms with Crippen molar-refractivity contribution in [1.82, 2.24) is 9.78 Å². The van der Waals surface area contributed by atoms with E-state index < -0.39 is 42.7 Å². The van der Waals surface area contributed by atoms with Crippen LogP contribution in [0.5, 0.6) is 5.75 Å². The number of para-hydroxylation sites is 2. The van der Waals surface area contributed by atoms with Crippen molar-refractivity contribution in [2.45, 2.75) is 25.4 Å². The van der Waals surface area contributed by atoms with Crippen LogP contribution in [0.1, 0.15) is 17.7 Å². The first-order valence-electron chi connectivity index (χ1n) is 7.14. The number of rotatable bonds is 7. The fraction of sp³-hybridized carbons (Fsp3) is 0.333. The molecule has 0 radical (unpaired) electrons. The molecule has 142 valence electrons. The topological polar surface area (TPSA) is 56.2 Å². The maximum atomic E-state index is 13.1. The Kier molecular flexibility index (Phi) is 5.78. The molecule has 0 fully saturated rings. The third-order valence-corrected chi connectivity index (χ3v) is 3.16. The van der Waals surface area contributed by atoms with Crippen molar-refractivity contribution < 1.29 is 35.9 Å². The molecule has 1 N–H and O–H groups in total. The summed E-state index contributed by atoms with van der Waals surface area (Å²) in [6, 6.07) is 4.69. The third kappa shape index (κ3) is 4.67.